The molecule has 1 amide bonds. The molecule has 0 aliphatic carbocycles. The molecule has 0 radical (unpaired) electrons. The number of benzene rings is 1. The molecule has 6 nitrogen and oxygen atoms in total. The number of methoxy groups -OCH3 is 1. The van der Waals surface area contributed by atoms with Gasteiger partial charge in [-0.2, -0.15) is 0 Å². The Labute approximate surface area is 185 Å². The number of amides is 1. The van der Waals surface area contributed by atoms with Gasteiger partial charge in [0.2, 0.25) is 5.91 Å². The van der Waals surface area contributed by atoms with Gasteiger partial charge in [0.1, 0.15) is 5.75 Å². The average Bonchev–Trinajstić information content (AvgIpc) is 3.31. The first kappa shape index (κ1) is 21.8. The summed E-state index contributed by atoms with van der Waals surface area (Å²) in [4.78, 5) is 22.3. The number of hydrogen-bond acceptors (Lipinski definition) is 5. The van der Waals surface area contributed by atoms with Crippen molar-refractivity contribution >= 4 is 5.91 Å². The highest BCUT2D eigenvalue weighted by atomic mass is 16.5. The van der Waals surface area contributed by atoms with Crippen LogP contribution in [0.1, 0.15) is 30.4 Å². The molecular weight excluding hydrogens is 388 g/mol. The standard InChI is InChI=1S/C25H34N4O2/c1-31-24-7-3-2-6-22(24)15-27-25(30)23-14-21(17-28-12-4-5-13-28)18-29(19-23)16-20-8-10-26-11-9-20/h2-3,6-11,21,23H,4-5,12-19H2,1H3,(H,27,30)/t21-,23-/m1/s1. The zero-order valence-corrected chi connectivity index (χ0v) is 18.5. The molecule has 3 heterocycles. The first-order valence-electron chi connectivity index (χ1n) is 11.4. The normalized spacial score (nSPS) is 22.4. The third kappa shape index (κ3) is 6.05. The Morgan fingerprint density at radius 3 is 2.65 bits per heavy atom. The second kappa shape index (κ2) is 10.7. The van der Waals surface area contributed by atoms with Crippen molar-refractivity contribution in [1.29, 1.82) is 0 Å². The van der Waals surface area contributed by atoms with Crippen LogP contribution in [0.25, 0.3) is 0 Å². The van der Waals surface area contributed by atoms with Crippen molar-refractivity contribution in [3.63, 3.8) is 0 Å². The molecule has 0 saturated carbocycles. The number of pyridine rings is 1. The van der Waals surface area contributed by atoms with Gasteiger partial charge in [-0.15, -0.1) is 0 Å². The molecule has 2 saturated heterocycles. The summed E-state index contributed by atoms with van der Waals surface area (Å²) in [5.41, 5.74) is 2.27. The number of hydrogen-bond donors (Lipinski definition) is 1. The van der Waals surface area contributed by atoms with Gasteiger partial charge in [-0.1, -0.05) is 18.2 Å². The van der Waals surface area contributed by atoms with E-state index >= 15 is 0 Å². The summed E-state index contributed by atoms with van der Waals surface area (Å²) >= 11 is 0. The second-order valence-electron chi connectivity index (χ2n) is 8.89. The average molecular weight is 423 g/mol. The fourth-order valence-electron chi connectivity index (χ4n) is 5.01. The molecule has 0 bridgehead atoms. The molecule has 31 heavy (non-hydrogen) atoms. The lowest BCUT2D eigenvalue weighted by Crippen LogP contribution is -2.48. The van der Waals surface area contributed by atoms with Crippen LogP contribution in [0, 0.1) is 11.8 Å². The number of ether oxygens (including phenoxy) is 1. The van der Waals surface area contributed by atoms with Gasteiger partial charge >= 0.3 is 0 Å². The SMILES string of the molecule is COc1ccccc1CNC(=O)[C@@H]1C[C@H](CN2CCCC2)CN(Cc2ccncc2)C1. The van der Waals surface area contributed by atoms with Crippen LogP contribution in [0.4, 0.5) is 0 Å². The first-order valence-corrected chi connectivity index (χ1v) is 11.4. The zero-order valence-electron chi connectivity index (χ0n) is 18.5. The molecule has 2 aliphatic rings. The highest BCUT2D eigenvalue weighted by molar-refractivity contribution is 5.79. The van der Waals surface area contributed by atoms with Crippen LogP contribution in [0.3, 0.4) is 0 Å². The van der Waals surface area contributed by atoms with Gasteiger partial charge < -0.3 is 15.0 Å². The Balaban J connectivity index is 1.40. The maximum Gasteiger partial charge on any atom is 0.224 e. The number of para-hydroxylation sites is 1. The van der Waals surface area contributed by atoms with E-state index in [2.05, 4.69) is 32.2 Å². The van der Waals surface area contributed by atoms with Crippen LogP contribution in [0.2, 0.25) is 0 Å². The van der Waals surface area contributed by atoms with Gasteiger partial charge in [0.25, 0.3) is 0 Å². The van der Waals surface area contributed by atoms with E-state index in [1.165, 1.54) is 31.5 Å². The summed E-state index contributed by atoms with van der Waals surface area (Å²) in [6.45, 7) is 6.72. The Morgan fingerprint density at radius 2 is 1.87 bits per heavy atom. The van der Waals surface area contributed by atoms with Gasteiger partial charge in [-0.05, 0) is 62.0 Å². The second-order valence-corrected chi connectivity index (χ2v) is 8.89. The van der Waals surface area contributed by atoms with Crippen molar-refractivity contribution < 1.29 is 9.53 Å². The maximum absolute atomic E-state index is 13.1. The molecule has 1 N–H and O–H groups in total. The summed E-state index contributed by atoms with van der Waals surface area (Å²) in [5, 5.41) is 3.17. The predicted molar refractivity (Wildman–Crippen MR) is 122 cm³/mol. The minimum Gasteiger partial charge on any atom is -0.496 e. The number of nitrogens with one attached hydrogen (secondary N) is 1. The lowest BCUT2D eigenvalue weighted by molar-refractivity contribution is -0.127. The van der Waals surface area contributed by atoms with E-state index in [0.29, 0.717) is 12.5 Å². The van der Waals surface area contributed by atoms with Crippen molar-refractivity contribution in [2.45, 2.75) is 32.4 Å². The Bertz CT molecular complexity index is 838. The third-order valence-corrected chi connectivity index (χ3v) is 6.50. The maximum atomic E-state index is 13.1. The molecule has 2 aromatic rings. The molecule has 2 fully saturated rings. The molecule has 6 heteroatoms. The Morgan fingerprint density at radius 1 is 1.10 bits per heavy atom. The molecule has 0 unspecified atom stereocenters. The van der Waals surface area contributed by atoms with Crippen LogP contribution in [0.5, 0.6) is 5.75 Å². The van der Waals surface area contributed by atoms with Gasteiger partial charge in [0.15, 0.2) is 0 Å². The Hall–Kier alpha value is -2.44. The summed E-state index contributed by atoms with van der Waals surface area (Å²) < 4.78 is 5.43. The minimum absolute atomic E-state index is 0.0119. The number of carbonyl (C=O) groups excluding carboxylic acids is 1. The number of piperidine rings is 1. The van der Waals surface area contributed by atoms with Gasteiger partial charge in [0.05, 0.1) is 13.0 Å². The van der Waals surface area contributed by atoms with Crippen molar-refractivity contribution in [2.75, 3.05) is 39.8 Å². The van der Waals surface area contributed by atoms with E-state index in [-0.39, 0.29) is 11.8 Å². The van der Waals surface area contributed by atoms with Crippen LogP contribution < -0.4 is 10.1 Å². The summed E-state index contributed by atoms with van der Waals surface area (Å²) in [5.74, 6) is 1.50. The lowest BCUT2D eigenvalue weighted by Gasteiger charge is -2.38. The van der Waals surface area contributed by atoms with Gasteiger partial charge in [0, 0.05) is 50.7 Å². The van der Waals surface area contributed by atoms with Crippen molar-refractivity contribution in [1.82, 2.24) is 20.1 Å². The van der Waals surface area contributed by atoms with Crippen molar-refractivity contribution in [3.8, 4) is 5.75 Å². The number of nitrogens with zero attached hydrogens (tertiary/aromatic N) is 3. The zero-order chi connectivity index (χ0) is 21.5. The van der Waals surface area contributed by atoms with Crippen LogP contribution in [-0.4, -0.2) is 60.5 Å². The molecule has 1 aromatic heterocycles. The van der Waals surface area contributed by atoms with E-state index in [1.54, 1.807) is 7.11 Å². The van der Waals surface area contributed by atoms with Crippen LogP contribution in [-0.2, 0) is 17.9 Å². The molecule has 2 atom stereocenters. The molecule has 0 spiro atoms. The largest absolute Gasteiger partial charge is 0.496 e. The first-order chi connectivity index (χ1) is 15.2. The Kier molecular flexibility index (Phi) is 7.54. The lowest BCUT2D eigenvalue weighted by atomic mass is 9.87. The fourth-order valence-corrected chi connectivity index (χ4v) is 5.01. The summed E-state index contributed by atoms with van der Waals surface area (Å²) in [6.07, 6.45) is 7.25. The van der Waals surface area contributed by atoms with Crippen molar-refractivity contribution in [3.05, 3.63) is 59.9 Å². The van der Waals surface area contributed by atoms with E-state index in [0.717, 1.165) is 43.9 Å². The van der Waals surface area contributed by atoms with E-state index in [4.69, 9.17) is 4.74 Å². The molecular formula is C25H34N4O2. The van der Waals surface area contributed by atoms with E-state index in [1.807, 2.05) is 36.7 Å². The van der Waals surface area contributed by atoms with Crippen LogP contribution in [0.15, 0.2) is 48.8 Å². The van der Waals surface area contributed by atoms with Crippen molar-refractivity contribution in [2.24, 2.45) is 11.8 Å². The minimum atomic E-state index is 0.0119. The van der Waals surface area contributed by atoms with E-state index in [9.17, 15) is 4.79 Å². The smallest absolute Gasteiger partial charge is 0.224 e. The topological polar surface area (TPSA) is 57.7 Å². The fraction of sp³-hybridized carbons (Fsp3) is 0.520. The molecule has 2 aliphatic heterocycles. The van der Waals surface area contributed by atoms with Gasteiger partial charge in [-0.25, -0.2) is 0 Å². The quantitative estimate of drug-likeness (QED) is 0.709. The number of rotatable bonds is 8. The highest BCUT2D eigenvalue weighted by Crippen LogP contribution is 2.26. The summed E-state index contributed by atoms with van der Waals surface area (Å²) in [6, 6.07) is 12.0. The van der Waals surface area contributed by atoms with Gasteiger partial charge in [-0.3, -0.25) is 14.7 Å². The predicted octanol–water partition coefficient (Wildman–Crippen LogP) is 2.94. The number of aromatic nitrogens is 1. The molecule has 166 valence electrons. The number of carbonyl (C=O) groups is 1. The molecule has 4 rings (SSSR count). The highest BCUT2D eigenvalue weighted by Gasteiger charge is 2.33. The van der Waals surface area contributed by atoms with E-state index < -0.39 is 0 Å². The monoisotopic (exact) mass is 422 g/mol. The third-order valence-electron chi connectivity index (χ3n) is 6.50. The number of likely N-dealkylation sites (tertiary alicyclic amines) is 2. The van der Waals surface area contributed by atoms with Crippen LogP contribution >= 0.6 is 0 Å². The summed E-state index contributed by atoms with van der Waals surface area (Å²) in [7, 11) is 1.67. The molecule has 1 aromatic carbocycles.